The molecule has 0 bridgehead atoms. The van der Waals surface area contributed by atoms with E-state index in [9.17, 15) is 4.79 Å². The number of aliphatic carboxylic acids is 1. The van der Waals surface area contributed by atoms with Crippen LogP contribution in [-0.2, 0) is 4.79 Å². The zero-order valence-electron chi connectivity index (χ0n) is 11.4. The summed E-state index contributed by atoms with van der Waals surface area (Å²) >= 11 is 0. The molecule has 1 saturated carbocycles. The van der Waals surface area contributed by atoms with Crippen LogP contribution in [0.15, 0.2) is 30.3 Å². The van der Waals surface area contributed by atoms with Crippen LogP contribution in [0.2, 0.25) is 0 Å². The molecule has 0 spiro atoms. The standard InChI is InChI=1S/C15H22N2O2/c1-17(13-6-3-2-4-7-13)11-5-10-16-14(15(18)19)12-8-9-12/h2-4,6-7,12,14,16H,5,8-11H2,1H3,(H,18,19). The fourth-order valence-electron chi connectivity index (χ4n) is 2.27. The Hall–Kier alpha value is -1.55. The van der Waals surface area contributed by atoms with Gasteiger partial charge in [-0.15, -0.1) is 0 Å². The van der Waals surface area contributed by atoms with Crippen molar-refractivity contribution in [3.8, 4) is 0 Å². The number of hydrogen-bond donors (Lipinski definition) is 2. The normalized spacial score (nSPS) is 16.1. The average Bonchev–Trinajstić information content (AvgIpc) is 3.23. The van der Waals surface area contributed by atoms with Crippen molar-refractivity contribution in [2.45, 2.75) is 25.3 Å². The largest absolute Gasteiger partial charge is 0.480 e. The molecule has 19 heavy (non-hydrogen) atoms. The minimum atomic E-state index is -0.709. The molecule has 1 aliphatic rings. The van der Waals surface area contributed by atoms with E-state index < -0.39 is 5.97 Å². The van der Waals surface area contributed by atoms with Crippen molar-refractivity contribution >= 4 is 11.7 Å². The van der Waals surface area contributed by atoms with Crippen molar-refractivity contribution in [2.24, 2.45) is 5.92 Å². The first kappa shape index (κ1) is 13.9. The van der Waals surface area contributed by atoms with Crippen LogP contribution in [0.25, 0.3) is 0 Å². The highest BCUT2D eigenvalue weighted by Crippen LogP contribution is 2.32. The van der Waals surface area contributed by atoms with E-state index in [1.807, 2.05) is 18.2 Å². The van der Waals surface area contributed by atoms with Crippen LogP contribution < -0.4 is 10.2 Å². The number of nitrogens with one attached hydrogen (secondary N) is 1. The summed E-state index contributed by atoms with van der Waals surface area (Å²) in [5, 5.41) is 12.3. The molecule has 1 unspecified atom stereocenters. The number of hydrogen-bond acceptors (Lipinski definition) is 3. The summed E-state index contributed by atoms with van der Waals surface area (Å²) in [5.74, 6) is -0.358. The van der Waals surface area contributed by atoms with Crippen LogP contribution in [-0.4, -0.2) is 37.3 Å². The van der Waals surface area contributed by atoms with Crippen molar-refractivity contribution in [3.05, 3.63) is 30.3 Å². The third-order valence-corrected chi connectivity index (χ3v) is 3.59. The number of benzene rings is 1. The molecule has 0 amide bonds. The summed E-state index contributed by atoms with van der Waals surface area (Å²) in [5.41, 5.74) is 1.19. The van der Waals surface area contributed by atoms with Crippen LogP contribution in [0.5, 0.6) is 0 Å². The Balaban J connectivity index is 1.67. The zero-order valence-corrected chi connectivity index (χ0v) is 11.4. The first-order chi connectivity index (χ1) is 9.18. The lowest BCUT2D eigenvalue weighted by molar-refractivity contribution is -0.140. The second kappa shape index (κ2) is 6.57. The van der Waals surface area contributed by atoms with Crippen molar-refractivity contribution in [1.29, 1.82) is 0 Å². The molecule has 0 saturated heterocycles. The third-order valence-electron chi connectivity index (χ3n) is 3.59. The lowest BCUT2D eigenvalue weighted by Gasteiger charge is -2.20. The molecule has 1 fully saturated rings. The van der Waals surface area contributed by atoms with Crippen LogP contribution in [0.1, 0.15) is 19.3 Å². The quantitative estimate of drug-likeness (QED) is 0.703. The summed E-state index contributed by atoms with van der Waals surface area (Å²) < 4.78 is 0. The zero-order chi connectivity index (χ0) is 13.7. The monoisotopic (exact) mass is 262 g/mol. The summed E-state index contributed by atoms with van der Waals surface area (Å²) in [6.07, 6.45) is 3.05. The number of nitrogens with zero attached hydrogens (tertiary/aromatic N) is 1. The number of carboxylic acid groups (broad SMARTS) is 1. The van der Waals surface area contributed by atoms with E-state index in [1.165, 1.54) is 5.69 Å². The number of carbonyl (C=O) groups is 1. The van der Waals surface area contributed by atoms with E-state index in [1.54, 1.807) is 0 Å². The van der Waals surface area contributed by atoms with Crippen molar-refractivity contribution in [1.82, 2.24) is 5.32 Å². The lowest BCUT2D eigenvalue weighted by atomic mass is 10.2. The molecule has 4 nitrogen and oxygen atoms in total. The topological polar surface area (TPSA) is 52.6 Å². The molecule has 0 heterocycles. The SMILES string of the molecule is CN(CCCNC(C(=O)O)C1CC1)c1ccccc1. The lowest BCUT2D eigenvalue weighted by Crippen LogP contribution is -2.39. The van der Waals surface area contributed by atoms with E-state index >= 15 is 0 Å². The molecule has 4 heteroatoms. The fraction of sp³-hybridized carbons (Fsp3) is 0.533. The molecule has 1 aromatic rings. The van der Waals surface area contributed by atoms with Gasteiger partial charge in [-0.3, -0.25) is 4.79 Å². The van der Waals surface area contributed by atoms with E-state index in [4.69, 9.17) is 5.11 Å². The Morgan fingerprint density at radius 2 is 2.11 bits per heavy atom. The van der Waals surface area contributed by atoms with Crippen molar-refractivity contribution in [2.75, 3.05) is 25.0 Å². The minimum Gasteiger partial charge on any atom is -0.480 e. The molecular weight excluding hydrogens is 240 g/mol. The first-order valence-corrected chi connectivity index (χ1v) is 6.91. The molecule has 2 rings (SSSR count). The Morgan fingerprint density at radius 3 is 2.68 bits per heavy atom. The Bertz CT molecular complexity index is 404. The number of rotatable bonds is 8. The predicted octanol–water partition coefficient (Wildman–Crippen LogP) is 1.97. The minimum absolute atomic E-state index is 0.345. The molecule has 0 aliphatic heterocycles. The molecule has 1 atom stereocenters. The van der Waals surface area contributed by atoms with Gasteiger partial charge in [0.25, 0.3) is 0 Å². The van der Waals surface area contributed by atoms with E-state index in [-0.39, 0.29) is 6.04 Å². The number of carboxylic acids is 1. The maximum Gasteiger partial charge on any atom is 0.320 e. The highest BCUT2D eigenvalue weighted by Gasteiger charge is 2.35. The van der Waals surface area contributed by atoms with Gasteiger partial charge in [-0.25, -0.2) is 0 Å². The number of para-hydroxylation sites is 1. The van der Waals surface area contributed by atoms with E-state index in [2.05, 4.69) is 29.4 Å². The molecular formula is C15H22N2O2. The fourth-order valence-corrected chi connectivity index (χ4v) is 2.27. The Labute approximate surface area is 114 Å². The van der Waals surface area contributed by atoms with E-state index in [0.717, 1.165) is 32.4 Å². The van der Waals surface area contributed by atoms with Crippen LogP contribution >= 0.6 is 0 Å². The summed E-state index contributed by atoms with van der Waals surface area (Å²) in [7, 11) is 2.06. The number of anilines is 1. The molecule has 0 radical (unpaired) electrons. The molecule has 1 aromatic carbocycles. The highest BCUT2D eigenvalue weighted by molar-refractivity contribution is 5.74. The van der Waals surface area contributed by atoms with Gasteiger partial charge in [0.05, 0.1) is 0 Å². The van der Waals surface area contributed by atoms with Gasteiger partial charge >= 0.3 is 5.97 Å². The maximum atomic E-state index is 11.1. The summed E-state index contributed by atoms with van der Waals surface area (Å²) in [6.45, 7) is 1.68. The molecule has 1 aliphatic carbocycles. The first-order valence-electron chi connectivity index (χ1n) is 6.91. The van der Waals surface area contributed by atoms with Gasteiger partial charge in [0, 0.05) is 19.3 Å². The van der Waals surface area contributed by atoms with Gasteiger partial charge in [-0.2, -0.15) is 0 Å². The van der Waals surface area contributed by atoms with E-state index in [0.29, 0.717) is 5.92 Å². The van der Waals surface area contributed by atoms with Gasteiger partial charge in [0.1, 0.15) is 6.04 Å². The molecule has 2 N–H and O–H groups in total. The summed E-state index contributed by atoms with van der Waals surface area (Å²) in [4.78, 5) is 13.2. The van der Waals surface area contributed by atoms with Crippen LogP contribution in [0, 0.1) is 5.92 Å². The van der Waals surface area contributed by atoms with Crippen LogP contribution in [0.3, 0.4) is 0 Å². The Morgan fingerprint density at radius 1 is 1.42 bits per heavy atom. The van der Waals surface area contributed by atoms with Gasteiger partial charge in [0.2, 0.25) is 0 Å². The smallest absolute Gasteiger partial charge is 0.320 e. The predicted molar refractivity (Wildman–Crippen MR) is 76.5 cm³/mol. The second-order valence-electron chi connectivity index (χ2n) is 5.22. The van der Waals surface area contributed by atoms with Gasteiger partial charge < -0.3 is 15.3 Å². The van der Waals surface area contributed by atoms with Crippen molar-refractivity contribution < 1.29 is 9.90 Å². The molecule has 0 aromatic heterocycles. The van der Waals surface area contributed by atoms with Gasteiger partial charge in [-0.1, -0.05) is 18.2 Å². The highest BCUT2D eigenvalue weighted by atomic mass is 16.4. The summed E-state index contributed by atoms with van der Waals surface area (Å²) in [6, 6.07) is 9.87. The third kappa shape index (κ3) is 4.24. The van der Waals surface area contributed by atoms with Crippen molar-refractivity contribution in [3.63, 3.8) is 0 Å². The maximum absolute atomic E-state index is 11.1. The van der Waals surface area contributed by atoms with Gasteiger partial charge in [0.15, 0.2) is 0 Å². The van der Waals surface area contributed by atoms with Crippen LogP contribution in [0.4, 0.5) is 5.69 Å². The Kier molecular flexibility index (Phi) is 4.80. The van der Waals surface area contributed by atoms with Gasteiger partial charge in [-0.05, 0) is 43.9 Å². The molecule has 104 valence electrons. The second-order valence-corrected chi connectivity index (χ2v) is 5.22. The average molecular weight is 262 g/mol.